The summed E-state index contributed by atoms with van der Waals surface area (Å²) in [7, 11) is 0. The summed E-state index contributed by atoms with van der Waals surface area (Å²) in [4.78, 5) is 0. The topological polar surface area (TPSA) is 18.5 Å². The molecule has 2 nitrogen and oxygen atoms in total. The lowest BCUT2D eigenvalue weighted by molar-refractivity contribution is -0.137. The molecule has 0 amide bonds. The van der Waals surface area contributed by atoms with Crippen molar-refractivity contribution in [2.75, 3.05) is 0 Å². The van der Waals surface area contributed by atoms with Gasteiger partial charge in [-0.1, -0.05) is 6.08 Å². The monoisotopic (exact) mass is 242 g/mol. The predicted molar refractivity (Wildman–Crippen MR) is 55.2 cm³/mol. The van der Waals surface area contributed by atoms with Crippen LogP contribution in [-0.2, 0) is 10.9 Å². The molecule has 5 heteroatoms. The quantitative estimate of drug-likeness (QED) is 0.790. The van der Waals surface area contributed by atoms with E-state index in [2.05, 4.69) is 0 Å². The van der Waals surface area contributed by atoms with Crippen molar-refractivity contribution in [3.63, 3.8) is 0 Å². The van der Waals surface area contributed by atoms with E-state index in [9.17, 15) is 13.2 Å². The Kier molecular flexibility index (Phi) is 3.08. The van der Waals surface area contributed by atoms with Crippen LogP contribution in [0.4, 0.5) is 13.2 Å². The molecule has 1 unspecified atom stereocenters. The predicted octanol–water partition coefficient (Wildman–Crippen LogP) is 3.51. The van der Waals surface area contributed by atoms with Crippen LogP contribution in [0.1, 0.15) is 5.56 Å². The highest BCUT2D eigenvalue weighted by Crippen LogP contribution is 2.30. The Hall–Kier alpha value is -1.91. The standard InChI is InChI=1S/C12H9F3O2/c13-12(14,15)9-4-6-10(7-5-9)17-11-3-1-2-8-16-11/h1-8,11H. The van der Waals surface area contributed by atoms with Crippen molar-refractivity contribution in [1.29, 1.82) is 0 Å². The maximum absolute atomic E-state index is 12.3. The van der Waals surface area contributed by atoms with Crippen LogP contribution >= 0.6 is 0 Å². The molecule has 0 radical (unpaired) electrons. The Morgan fingerprint density at radius 1 is 1.06 bits per heavy atom. The van der Waals surface area contributed by atoms with Crippen LogP contribution in [0.2, 0.25) is 0 Å². The van der Waals surface area contributed by atoms with Gasteiger partial charge >= 0.3 is 6.18 Å². The summed E-state index contributed by atoms with van der Waals surface area (Å²) in [6.07, 6.45) is 1.59. The molecule has 0 bridgehead atoms. The summed E-state index contributed by atoms with van der Waals surface area (Å²) in [6, 6.07) is 4.46. The van der Waals surface area contributed by atoms with Crippen molar-refractivity contribution in [2.24, 2.45) is 0 Å². The third-order valence-corrected chi connectivity index (χ3v) is 2.10. The van der Waals surface area contributed by atoms with Crippen LogP contribution < -0.4 is 4.74 Å². The number of ether oxygens (including phenoxy) is 2. The van der Waals surface area contributed by atoms with Crippen LogP contribution in [0.3, 0.4) is 0 Å². The molecule has 1 aliphatic rings. The molecule has 0 spiro atoms. The normalized spacial score (nSPS) is 18.9. The average Bonchev–Trinajstić information content (AvgIpc) is 2.30. The van der Waals surface area contributed by atoms with Crippen molar-refractivity contribution in [3.05, 3.63) is 54.3 Å². The van der Waals surface area contributed by atoms with Crippen molar-refractivity contribution >= 4 is 0 Å². The Balaban J connectivity index is 2.03. The van der Waals surface area contributed by atoms with Crippen molar-refractivity contribution in [1.82, 2.24) is 0 Å². The summed E-state index contributed by atoms with van der Waals surface area (Å²) >= 11 is 0. The largest absolute Gasteiger partial charge is 0.459 e. The van der Waals surface area contributed by atoms with Crippen LogP contribution in [0.5, 0.6) is 5.75 Å². The highest BCUT2D eigenvalue weighted by molar-refractivity contribution is 5.29. The number of hydrogen-bond donors (Lipinski definition) is 0. The summed E-state index contributed by atoms with van der Waals surface area (Å²) in [5, 5.41) is 0. The van der Waals surface area contributed by atoms with Gasteiger partial charge in [-0.3, -0.25) is 0 Å². The first-order valence-electron chi connectivity index (χ1n) is 4.88. The second kappa shape index (κ2) is 4.53. The second-order valence-electron chi connectivity index (χ2n) is 3.36. The molecule has 2 rings (SSSR count). The Bertz CT molecular complexity index is 432. The van der Waals surface area contributed by atoms with Gasteiger partial charge in [0.2, 0.25) is 0 Å². The molecule has 1 atom stereocenters. The molecule has 0 saturated heterocycles. The van der Waals surface area contributed by atoms with Crippen LogP contribution in [0.15, 0.2) is 48.8 Å². The van der Waals surface area contributed by atoms with Crippen molar-refractivity contribution in [3.8, 4) is 5.75 Å². The van der Waals surface area contributed by atoms with E-state index in [-0.39, 0.29) is 0 Å². The summed E-state index contributed by atoms with van der Waals surface area (Å²) in [5.41, 5.74) is -0.704. The van der Waals surface area contributed by atoms with Crippen LogP contribution in [0.25, 0.3) is 0 Å². The van der Waals surface area contributed by atoms with Gasteiger partial charge in [0, 0.05) is 0 Å². The highest BCUT2D eigenvalue weighted by Gasteiger charge is 2.30. The first-order valence-corrected chi connectivity index (χ1v) is 4.88. The lowest BCUT2D eigenvalue weighted by Gasteiger charge is -2.17. The molecule has 1 aliphatic heterocycles. The first kappa shape index (κ1) is 11.6. The summed E-state index contributed by atoms with van der Waals surface area (Å²) < 4.78 is 47.2. The average molecular weight is 242 g/mol. The third kappa shape index (κ3) is 3.03. The number of hydrogen-bond acceptors (Lipinski definition) is 2. The van der Waals surface area contributed by atoms with Gasteiger partial charge in [0.15, 0.2) is 0 Å². The molecule has 90 valence electrons. The number of benzene rings is 1. The Morgan fingerprint density at radius 2 is 1.76 bits per heavy atom. The molecule has 17 heavy (non-hydrogen) atoms. The minimum atomic E-state index is -4.33. The Labute approximate surface area is 96.0 Å². The molecule has 0 fully saturated rings. The minimum Gasteiger partial charge on any atom is -0.459 e. The fourth-order valence-corrected chi connectivity index (χ4v) is 1.29. The zero-order valence-electron chi connectivity index (χ0n) is 8.65. The van der Waals surface area contributed by atoms with E-state index in [4.69, 9.17) is 9.47 Å². The van der Waals surface area contributed by atoms with Gasteiger partial charge < -0.3 is 9.47 Å². The van der Waals surface area contributed by atoms with Crippen LogP contribution in [0, 0.1) is 0 Å². The van der Waals surface area contributed by atoms with Crippen LogP contribution in [-0.4, -0.2) is 6.29 Å². The van der Waals surface area contributed by atoms with E-state index in [0.717, 1.165) is 12.1 Å². The zero-order chi connectivity index (χ0) is 12.3. The van der Waals surface area contributed by atoms with Gasteiger partial charge in [0.1, 0.15) is 5.75 Å². The molecular formula is C12H9F3O2. The lowest BCUT2D eigenvalue weighted by atomic mass is 10.2. The van der Waals surface area contributed by atoms with E-state index in [1.807, 2.05) is 0 Å². The summed E-state index contributed by atoms with van der Waals surface area (Å²) in [5.74, 6) is 0.322. The number of allylic oxidation sites excluding steroid dienone is 2. The highest BCUT2D eigenvalue weighted by atomic mass is 19.4. The summed E-state index contributed by atoms with van der Waals surface area (Å²) in [6.45, 7) is 0. The zero-order valence-corrected chi connectivity index (χ0v) is 8.65. The van der Waals surface area contributed by atoms with Gasteiger partial charge in [-0.2, -0.15) is 13.2 Å². The van der Waals surface area contributed by atoms with E-state index in [1.165, 1.54) is 18.4 Å². The van der Waals surface area contributed by atoms with Gasteiger partial charge in [0.05, 0.1) is 11.8 Å². The van der Waals surface area contributed by atoms with Crippen molar-refractivity contribution in [2.45, 2.75) is 12.5 Å². The first-order chi connectivity index (χ1) is 8.05. The van der Waals surface area contributed by atoms with Gasteiger partial charge in [-0.15, -0.1) is 0 Å². The number of rotatable bonds is 2. The smallest absolute Gasteiger partial charge is 0.416 e. The Morgan fingerprint density at radius 3 is 2.29 bits per heavy atom. The fraction of sp³-hybridized carbons (Fsp3) is 0.167. The van der Waals surface area contributed by atoms with E-state index in [1.54, 1.807) is 18.2 Å². The van der Waals surface area contributed by atoms with E-state index < -0.39 is 18.0 Å². The molecular weight excluding hydrogens is 233 g/mol. The SMILES string of the molecule is FC(F)(F)c1ccc(OC2C=CC=CO2)cc1. The number of halogens is 3. The molecule has 1 heterocycles. The molecule has 0 aromatic heterocycles. The van der Waals surface area contributed by atoms with E-state index in [0.29, 0.717) is 5.75 Å². The van der Waals surface area contributed by atoms with Crippen molar-refractivity contribution < 1.29 is 22.6 Å². The second-order valence-corrected chi connectivity index (χ2v) is 3.36. The maximum Gasteiger partial charge on any atom is 0.416 e. The molecule has 0 aliphatic carbocycles. The fourth-order valence-electron chi connectivity index (χ4n) is 1.29. The van der Waals surface area contributed by atoms with Gasteiger partial charge in [-0.05, 0) is 36.4 Å². The molecule has 1 aromatic carbocycles. The molecule has 0 saturated carbocycles. The third-order valence-electron chi connectivity index (χ3n) is 2.10. The van der Waals surface area contributed by atoms with Gasteiger partial charge in [0.25, 0.3) is 6.29 Å². The van der Waals surface area contributed by atoms with Gasteiger partial charge in [-0.25, -0.2) is 0 Å². The molecule has 0 N–H and O–H groups in total. The number of alkyl halides is 3. The minimum absolute atomic E-state index is 0.322. The maximum atomic E-state index is 12.3. The molecule has 1 aromatic rings. The lowest BCUT2D eigenvalue weighted by Crippen LogP contribution is -2.16. The van der Waals surface area contributed by atoms with E-state index >= 15 is 0 Å².